The summed E-state index contributed by atoms with van der Waals surface area (Å²) >= 11 is 1.65. The van der Waals surface area contributed by atoms with Gasteiger partial charge in [0.15, 0.2) is 11.0 Å². The number of methoxy groups -OCH3 is 1. The van der Waals surface area contributed by atoms with Crippen molar-refractivity contribution in [1.82, 2.24) is 24.1 Å². The SMILES string of the molecule is CCn1c(SCc2cn3cc(C)ccc3n2)nnc1-c1ccccc1OC. The summed E-state index contributed by atoms with van der Waals surface area (Å²) in [7, 11) is 1.67. The Morgan fingerprint density at radius 2 is 1.93 bits per heavy atom. The van der Waals surface area contributed by atoms with E-state index in [0.717, 1.165) is 45.9 Å². The second-order valence-corrected chi connectivity index (χ2v) is 7.19. The second kappa shape index (κ2) is 7.44. The van der Waals surface area contributed by atoms with E-state index in [0.29, 0.717) is 0 Å². The highest BCUT2D eigenvalue weighted by molar-refractivity contribution is 7.98. The van der Waals surface area contributed by atoms with E-state index in [1.54, 1.807) is 18.9 Å². The number of pyridine rings is 1. The molecule has 4 aromatic rings. The Labute approximate surface area is 162 Å². The molecule has 0 unspecified atom stereocenters. The summed E-state index contributed by atoms with van der Waals surface area (Å²) in [6.45, 7) is 4.96. The first-order valence-electron chi connectivity index (χ1n) is 8.83. The number of aromatic nitrogens is 5. The normalized spacial score (nSPS) is 11.2. The van der Waals surface area contributed by atoms with E-state index in [1.165, 1.54) is 5.56 Å². The molecule has 0 N–H and O–H groups in total. The summed E-state index contributed by atoms with van der Waals surface area (Å²) in [6.07, 6.45) is 4.16. The average Bonchev–Trinajstić information content (AvgIpc) is 3.28. The van der Waals surface area contributed by atoms with Crippen LogP contribution < -0.4 is 4.74 Å². The van der Waals surface area contributed by atoms with Crippen LogP contribution >= 0.6 is 11.8 Å². The molecular formula is C20H21N5OS. The van der Waals surface area contributed by atoms with Crippen LogP contribution in [-0.4, -0.2) is 31.3 Å². The molecule has 3 heterocycles. The zero-order valence-electron chi connectivity index (χ0n) is 15.6. The molecule has 0 aliphatic carbocycles. The Hall–Kier alpha value is -2.80. The van der Waals surface area contributed by atoms with Gasteiger partial charge in [-0.1, -0.05) is 30.0 Å². The van der Waals surface area contributed by atoms with Crippen molar-refractivity contribution in [3.8, 4) is 17.1 Å². The molecule has 27 heavy (non-hydrogen) atoms. The van der Waals surface area contributed by atoms with Gasteiger partial charge in [0.25, 0.3) is 0 Å². The smallest absolute Gasteiger partial charge is 0.191 e. The average molecular weight is 379 g/mol. The van der Waals surface area contributed by atoms with Gasteiger partial charge in [-0.3, -0.25) is 0 Å². The summed E-state index contributed by atoms with van der Waals surface area (Å²) in [6, 6.07) is 12.0. The van der Waals surface area contributed by atoms with Gasteiger partial charge < -0.3 is 13.7 Å². The number of ether oxygens (including phenoxy) is 1. The highest BCUT2D eigenvalue weighted by Crippen LogP contribution is 2.31. The highest BCUT2D eigenvalue weighted by atomic mass is 32.2. The number of rotatable bonds is 6. The van der Waals surface area contributed by atoms with Crippen LogP contribution in [0, 0.1) is 6.92 Å². The molecule has 0 saturated carbocycles. The molecule has 3 aromatic heterocycles. The maximum Gasteiger partial charge on any atom is 0.191 e. The van der Waals surface area contributed by atoms with Gasteiger partial charge in [0, 0.05) is 24.7 Å². The van der Waals surface area contributed by atoms with E-state index in [4.69, 9.17) is 4.74 Å². The number of thioether (sulfide) groups is 1. The van der Waals surface area contributed by atoms with E-state index in [-0.39, 0.29) is 0 Å². The van der Waals surface area contributed by atoms with Gasteiger partial charge in [-0.05, 0) is 37.6 Å². The summed E-state index contributed by atoms with van der Waals surface area (Å²) in [5.41, 5.74) is 4.15. The summed E-state index contributed by atoms with van der Waals surface area (Å²) in [5, 5.41) is 9.71. The second-order valence-electron chi connectivity index (χ2n) is 6.24. The molecule has 0 aliphatic heterocycles. The first kappa shape index (κ1) is 17.6. The van der Waals surface area contributed by atoms with Gasteiger partial charge in [-0.2, -0.15) is 0 Å². The molecule has 0 fully saturated rings. The lowest BCUT2D eigenvalue weighted by atomic mass is 10.2. The molecule has 0 amide bonds. The number of fused-ring (bicyclic) bond motifs is 1. The van der Waals surface area contributed by atoms with Crippen LogP contribution in [0.5, 0.6) is 5.75 Å². The third-order valence-corrected chi connectivity index (χ3v) is 5.38. The molecule has 1 aromatic carbocycles. The van der Waals surface area contributed by atoms with Crippen molar-refractivity contribution >= 4 is 17.4 Å². The fourth-order valence-corrected chi connectivity index (χ4v) is 3.96. The number of aryl methyl sites for hydroxylation is 1. The topological polar surface area (TPSA) is 57.2 Å². The van der Waals surface area contributed by atoms with Crippen molar-refractivity contribution in [1.29, 1.82) is 0 Å². The fourth-order valence-electron chi connectivity index (χ4n) is 3.07. The lowest BCUT2D eigenvalue weighted by Gasteiger charge is -2.10. The Morgan fingerprint density at radius 3 is 2.74 bits per heavy atom. The van der Waals surface area contributed by atoms with Crippen LogP contribution in [-0.2, 0) is 12.3 Å². The van der Waals surface area contributed by atoms with Gasteiger partial charge in [-0.15, -0.1) is 10.2 Å². The van der Waals surface area contributed by atoms with Crippen molar-refractivity contribution in [3.05, 3.63) is 60.0 Å². The zero-order valence-corrected chi connectivity index (χ0v) is 16.4. The Kier molecular flexibility index (Phi) is 4.85. The van der Waals surface area contributed by atoms with Crippen molar-refractivity contribution in [3.63, 3.8) is 0 Å². The molecule has 7 heteroatoms. The molecule has 0 radical (unpaired) electrons. The largest absolute Gasteiger partial charge is 0.496 e. The third kappa shape index (κ3) is 3.42. The first-order valence-corrected chi connectivity index (χ1v) is 9.81. The summed E-state index contributed by atoms with van der Waals surface area (Å²) < 4.78 is 9.66. The molecular weight excluding hydrogens is 358 g/mol. The summed E-state index contributed by atoms with van der Waals surface area (Å²) in [4.78, 5) is 4.68. The predicted molar refractivity (Wildman–Crippen MR) is 107 cm³/mol. The number of imidazole rings is 1. The number of benzene rings is 1. The van der Waals surface area contributed by atoms with E-state index in [2.05, 4.69) is 56.5 Å². The van der Waals surface area contributed by atoms with Gasteiger partial charge >= 0.3 is 0 Å². The van der Waals surface area contributed by atoms with Crippen LogP contribution in [0.25, 0.3) is 17.0 Å². The maximum absolute atomic E-state index is 5.48. The van der Waals surface area contributed by atoms with Gasteiger partial charge in [0.1, 0.15) is 11.4 Å². The number of para-hydroxylation sites is 1. The van der Waals surface area contributed by atoms with Crippen molar-refractivity contribution in [2.45, 2.75) is 31.3 Å². The number of hydrogen-bond donors (Lipinski definition) is 0. The molecule has 0 bridgehead atoms. The molecule has 0 aliphatic rings. The Balaban J connectivity index is 1.60. The minimum Gasteiger partial charge on any atom is -0.496 e. The van der Waals surface area contributed by atoms with Crippen molar-refractivity contribution in [2.24, 2.45) is 0 Å². The third-order valence-electron chi connectivity index (χ3n) is 4.38. The zero-order chi connectivity index (χ0) is 18.8. The van der Waals surface area contributed by atoms with Crippen LogP contribution in [0.15, 0.2) is 53.9 Å². The maximum atomic E-state index is 5.48. The molecule has 0 atom stereocenters. The van der Waals surface area contributed by atoms with Crippen LogP contribution in [0.2, 0.25) is 0 Å². The van der Waals surface area contributed by atoms with Crippen LogP contribution in [0.4, 0.5) is 0 Å². The van der Waals surface area contributed by atoms with Gasteiger partial charge in [-0.25, -0.2) is 4.98 Å². The summed E-state index contributed by atoms with van der Waals surface area (Å²) in [5.74, 6) is 2.36. The Morgan fingerprint density at radius 1 is 1.07 bits per heavy atom. The first-order chi connectivity index (χ1) is 13.2. The van der Waals surface area contributed by atoms with Crippen LogP contribution in [0.1, 0.15) is 18.2 Å². The molecule has 6 nitrogen and oxygen atoms in total. The highest BCUT2D eigenvalue weighted by Gasteiger charge is 2.16. The van der Waals surface area contributed by atoms with E-state index in [9.17, 15) is 0 Å². The fraction of sp³-hybridized carbons (Fsp3) is 0.250. The number of nitrogens with zero attached hydrogens (tertiary/aromatic N) is 5. The van der Waals surface area contributed by atoms with E-state index >= 15 is 0 Å². The van der Waals surface area contributed by atoms with E-state index < -0.39 is 0 Å². The Bertz CT molecular complexity index is 1090. The minimum atomic E-state index is 0.741. The quantitative estimate of drug-likeness (QED) is 0.470. The lowest BCUT2D eigenvalue weighted by Crippen LogP contribution is -2.01. The van der Waals surface area contributed by atoms with Crippen LogP contribution in [0.3, 0.4) is 0 Å². The standard InChI is InChI=1S/C20H21N5OS/c1-4-25-19(16-7-5-6-8-17(16)26-3)22-23-20(25)27-13-15-12-24-11-14(2)9-10-18(24)21-15/h5-12H,4,13H2,1-3H3. The molecule has 138 valence electrons. The number of hydrogen-bond acceptors (Lipinski definition) is 5. The van der Waals surface area contributed by atoms with Crippen molar-refractivity contribution < 1.29 is 4.74 Å². The molecule has 4 rings (SSSR count). The predicted octanol–water partition coefficient (Wildman–Crippen LogP) is 4.22. The molecule has 0 spiro atoms. The molecule has 0 saturated heterocycles. The van der Waals surface area contributed by atoms with E-state index in [1.807, 2.05) is 30.3 Å². The van der Waals surface area contributed by atoms with Crippen molar-refractivity contribution in [2.75, 3.05) is 7.11 Å². The lowest BCUT2D eigenvalue weighted by molar-refractivity contribution is 0.416. The van der Waals surface area contributed by atoms with Gasteiger partial charge in [0.05, 0.1) is 18.4 Å². The van der Waals surface area contributed by atoms with Gasteiger partial charge in [0.2, 0.25) is 0 Å². The minimum absolute atomic E-state index is 0.741. The monoisotopic (exact) mass is 379 g/mol.